The fourth-order valence-corrected chi connectivity index (χ4v) is 22.8. The molecule has 8 amide bonds. The van der Waals surface area contributed by atoms with Crippen LogP contribution in [0.3, 0.4) is 0 Å². The number of phenolic OH excluding ortho intramolecular Hbond substituents is 1. The van der Waals surface area contributed by atoms with Gasteiger partial charge in [0.25, 0.3) is 0 Å². The molecule has 39 nitrogen and oxygen atoms in total. The molecule has 12 rings (SSSR count). The van der Waals surface area contributed by atoms with Crippen LogP contribution in [-0.4, -0.2) is 295 Å². The van der Waals surface area contributed by atoms with E-state index in [1.165, 1.54) is 17.5 Å². The van der Waals surface area contributed by atoms with Crippen LogP contribution in [0.5, 0.6) is 5.75 Å². The number of ether oxygens (including phenoxy) is 9. The number of aromatic hydroxyl groups is 1. The van der Waals surface area contributed by atoms with Gasteiger partial charge in [-0.05, 0) is 177 Å². The zero-order valence-electron chi connectivity index (χ0n) is 86.8. The number of fused-ring (bicyclic) bond motifs is 8. The number of phenols is 1. The van der Waals surface area contributed by atoms with E-state index in [4.69, 9.17) is 48.5 Å². The number of allylic oxidation sites excluding steroid dienone is 1. The van der Waals surface area contributed by atoms with Crippen molar-refractivity contribution in [1.29, 1.82) is 0 Å². The highest BCUT2D eigenvalue weighted by molar-refractivity contribution is 6.03. The zero-order valence-corrected chi connectivity index (χ0v) is 86.8. The monoisotopic (exact) mass is 2050 g/mol. The first kappa shape index (κ1) is 116. The number of aryl methyl sites for hydroxylation is 2. The van der Waals surface area contributed by atoms with Crippen molar-refractivity contribution < 1.29 is 121 Å². The summed E-state index contributed by atoms with van der Waals surface area (Å²) in [6.45, 7) is 17.7. The maximum atomic E-state index is 15.0. The number of imide groups is 1. The smallest absolute Gasteiger partial charge is 0.246 e. The molecule has 16 atom stereocenters. The van der Waals surface area contributed by atoms with Gasteiger partial charge in [-0.25, -0.2) is 0 Å². The maximum Gasteiger partial charge on any atom is 0.246 e. The van der Waals surface area contributed by atoms with Gasteiger partial charge in [0.2, 0.25) is 47.3 Å². The highest BCUT2D eigenvalue weighted by Crippen LogP contribution is 2.60. The number of hydrogen-bond acceptors (Lipinski definition) is 32. The van der Waals surface area contributed by atoms with Crippen LogP contribution in [0.2, 0.25) is 0 Å². The van der Waals surface area contributed by atoms with Crippen LogP contribution in [0.1, 0.15) is 221 Å². The van der Waals surface area contributed by atoms with Crippen molar-refractivity contribution in [3.8, 4) is 5.75 Å². The molecule has 3 fully saturated rings. The topological polar surface area (TPSA) is 540 Å². The fourth-order valence-electron chi connectivity index (χ4n) is 22.8. The molecule has 2 saturated carbocycles. The number of amides is 8. The summed E-state index contributed by atoms with van der Waals surface area (Å²) in [5, 5.41) is 88.4. The Kier molecular flexibility index (Phi) is 44.2. The van der Waals surface area contributed by atoms with E-state index >= 15 is 0 Å². The predicted octanol–water partition coefficient (Wildman–Crippen LogP) is 4.59. The van der Waals surface area contributed by atoms with Crippen molar-refractivity contribution in [3.05, 3.63) is 141 Å². The molecule has 8 aliphatic rings. The van der Waals surface area contributed by atoms with E-state index in [1.807, 2.05) is 99.8 Å². The number of hydrogen-bond donors (Lipinski definition) is 18. The van der Waals surface area contributed by atoms with E-state index in [-0.39, 0.29) is 164 Å². The lowest BCUT2D eigenvalue weighted by Crippen LogP contribution is -2.64. The van der Waals surface area contributed by atoms with Crippen LogP contribution < -0.4 is 69.7 Å². The number of aliphatic hydroxyl groups is 5. The van der Waals surface area contributed by atoms with Crippen molar-refractivity contribution in [2.24, 2.45) is 40.3 Å². The number of benzene rings is 4. The SMILES string of the molecule is CNCCOCCOCCOCCN/C1=C(\NN)c2ccccc2N(C(=O)CCC(=O)NCCOCCOCCOCCOCCC(=O)N[C@H](CCCCNC(=O)COC2CCCCCC3=C2NNN3[C@@H]2O[C@H](CO)[C@H](O)[C@H](O)[C@H]2O)C(=O)N[C@H](C(=O)C[C@@H](C)C(=O)N[C@@H](CO)C(=O)Cc2ccc3c(c2)[C@@]2(C)CCC[C@](C)(C(=O)NC(=O)[C@@]4(C)CCC[C@]5(C)c6cc(O)ccc6CC[C@@H]45)[C@@H]2CC3)C(C)C)Cc2ccccc21. The summed E-state index contributed by atoms with van der Waals surface area (Å²) < 4.78 is 51.9. The molecule has 0 aromatic heterocycles. The van der Waals surface area contributed by atoms with E-state index in [2.05, 4.69) is 72.8 Å². The zero-order chi connectivity index (χ0) is 105. The highest BCUT2D eigenvalue weighted by Gasteiger charge is 2.59. The summed E-state index contributed by atoms with van der Waals surface area (Å²) >= 11 is 0. The van der Waals surface area contributed by atoms with E-state index in [9.17, 15) is 78.6 Å². The van der Waals surface area contributed by atoms with Gasteiger partial charge in [0.15, 0.2) is 17.8 Å². The molecule has 19 N–H and O–H groups in total. The molecule has 1 unspecified atom stereocenters. The summed E-state index contributed by atoms with van der Waals surface area (Å²) in [5.41, 5.74) is 17.1. The van der Waals surface area contributed by atoms with Gasteiger partial charge >= 0.3 is 0 Å². The molecule has 0 radical (unpaired) electrons. The lowest BCUT2D eigenvalue weighted by Gasteiger charge is -2.56. The highest BCUT2D eigenvalue weighted by atomic mass is 16.6. The number of rotatable bonds is 57. The summed E-state index contributed by atoms with van der Waals surface area (Å²) in [5.74, 6) is 0.354. The number of nitrogens with zero attached hydrogens (tertiary/aromatic N) is 2. The molecule has 39 heteroatoms. The lowest BCUT2D eigenvalue weighted by molar-refractivity contribution is -0.266. The largest absolute Gasteiger partial charge is 0.508 e. The number of anilines is 1. The second-order valence-electron chi connectivity index (χ2n) is 41.4. The van der Waals surface area contributed by atoms with E-state index in [1.54, 1.807) is 24.8 Å². The van der Waals surface area contributed by atoms with Crippen LogP contribution in [0.15, 0.2) is 96.3 Å². The van der Waals surface area contributed by atoms with Crippen molar-refractivity contribution in [3.63, 3.8) is 0 Å². The number of nitrogens with one attached hydrogen (secondary N) is 11. The first-order valence-corrected chi connectivity index (χ1v) is 52.8. The van der Waals surface area contributed by atoms with Crippen LogP contribution in [0.25, 0.3) is 11.4 Å². The van der Waals surface area contributed by atoms with Crippen molar-refractivity contribution in [1.82, 2.24) is 63.9 Å². The summed E-state index contributed by atoms with van der Waals surface area (Å²) in [7, 11) is 1.87. The Labute approximate surface area is 862 Å². The Balaban J connectivity index is 0.575. The van der Waals surface area contributed by atoms with E-state index in [0.29, 0.717) is 125 Å². The second kappa shape index (κ2) is 56.2. The molecular formula is C108H160N14O25. The molecule has 3 aliphatic heterocycles. The Hall–Kier alpha value is -10.0. The van der Waals surface area contributed by atoms with Gasteiger partial charge in [0.1, 0.15) is 55.0 Å². The maximum absolute atomic E-state index is 15.0. The molecule has 1 saturated heterocycles. The van der Waals surface area contributed by atoms with Gasteiger partial charge in [0, 0.05) is 75.3 Å². The molecule has 147 heavy (non-hydrogen) atoms. The minimum Gasteiger partial charge on any atom is -0.508 e. The summed E-state index contributed by atoms with van der Waals surface area (Å²) in [6, 6.07) is 23.0. The van der Waals surface area contributed by atoms with Crippen LogP contribution in [-0.2, 0) is 127 Å². The summed E-state index contributed by atoms with van der Waals surface area (Å²) in [4.78, 5) is 143. The molecule has 0 bridgehead atoms. The molecule has 4 aromatic rings. The number of para-hydroxylation sites is 1. The number of carbonyl (C=O) groups excluding carboxylic acids is 10. The van der Waals surface area contributed by atoms with Crippen LogP contribution in [0.4, 0.5) is 5.69 Å². The predicted molar refractivity (Wildman–Crippen MR) is 546 cm³/mol. The Bertz CT molecular complexity index is 5140. The number of hydrazine groups is 3. The average Bonchev–Trinajstić information content (AvgIpc) is 1.22. The minimum absolute atomic E-state index is 0.0391. The average molecular weight is 2050 g/mol. The van der Waals surface area contributed by atoms with Gasteiger partial charge in [-0.3, -0.25) is 64.1 Å². The number of likely N-dealkylation sites (N-methyl/N-ethyl adjacent to an activating group) is 1. The third kappa shape index (κ3) is 30.1. The van der Waals surface area contributed by atoms with Gasteiger partial charge in [-0.1, -0.05) is 141 Å². The van der Waals surface area contributed by atoms with Crippen molar-refractivity contribution >= 4 is 75.9 Å². The molecule has 3 heterocycles. The van der Waals surface area contributed by atoms with E-state index < -0.39 is 131 Å². The van der Waals surface area contributed by atoms with Gasteiger partial charge in [-0.15, -0.1) is 5.53 Å². The van der Waals surface area contributed by atoms with Gasteiger partial charge in [0.05, 0.1) is 158 Å². The Morgan fingerprint density at radius 2 is 1.15 bits per heavy atom. The number of Topliss-reactive ketones (excluding diaryl/α,β-unsaturated/α-hetero) is 2. The quantitative estimate of drug-likeness (QED) is 0.0124. The minimum atomic E-state index is -1.61. The van der Waals surface area contributed by atoms with Crippen LogP contribution >= 0.6 is 0 Å². The third-order valence-electron chi connectivity index (χ3n) is 30.9. The fraction of sp³-hybridized carbons (Fsp3) is 0.648. The second-order valence-corrected chi connectivity index (χ2v) is 41.4. The Morgan fingerprint density at radius 3 is 1.78 bits per heavy atom. The molecule has 812 valence electrons. The lowest BCUT2D eigenvalue weighted by atomic mass is 9.49. The Morgan fingerprint density at radius 1 is 0.551 bits per heavy atom. The first-order chi connectivity index (χ1) is 70.8. The molecule has 0 spiro atoms. The number of carbonyl (C=O) groups is 10. The standard InChI is InChI=1S/C108H160N14O25/c1-68(2)93(84(127)60-69(3)100(135)115-80(65-123)83(126)62-70-27-28-71-30-33-87-105(4,77(71)61-70)38-18-40-107(87,6)103(137)117-104(138)108(7)41-19-39-106(5)78-63-74(125)32-29-72(78)31-34-88(106)108)116-101(136)79(23-16-17-42-111-91(130)67-146-85-26-11-9-10-25-82-96(85)119-120-122(82)102-99(134)98(133)97(132)86(66-124)147-102)114-90(129)37-46-139-50-54-143-58-59-145-56-52-141-48-44-112-89(128)35-36-92(131)121-64-73-20-12-13-21-75(73)94(95(118-109)76-22-14-15-24-81(76)121)113-45-49-142-53-57-144-55-51-140-47-43-110-8/h12-15,20-22,24,27-29,32,61,63,68-69,79-80,85-88,93,97-99,102,110,113,118-120,123-125,132-134H,9-11,16-19,23,25-26,30-31,33-60,62,64-67,109H2,1-8H3,(H,111,130)(H,112,128)(H,114,129)(H,115,135)(H,116,136)(H,117,137,138)/b95-94-/t69-,79-,80+,85?,86-,87-,88-,93+,97+,98+,99-,102-,105-,106-,107+,108+/m1/s1. The third-order valence-corrected chi connectivity index (χ3v) is 30.9. The van der Waals surface area contributed by atoms with E-state index in [0.717, 1.165) is 104 Å². The number of unbranched alkanes of at least 4 members (excludes halogenated alkanes) is 1. The number of nitrogens with two attached hydrogens (primary N) is 1. The number of ketones is 2. The molecular weight excluding hydrogens is 1890 g/mol. The van der Waals surface area contributed by atoms with Crippen molar-refractivity contribution in [2.75, 3.05) is 150 Å². The van der Waals surface area contributed by atoms with Crippen LogP contribution in [0, 0.1) is 34.5 Å². The van der Waals surface area contributed by atoms with Gasteiger partial charge in [-0.2, -0.15) is 0 Å². The summed E-state index contributed by atoms with van der Waals surface area (Å²) in [6.07, 6.45) is 3.07. The normalized spacial score (nSPS) is 24.9. The number of aliphatic hydroxyl groups excluding tert-OH is 5. The molecule has 4 aromatic carbocycles. The first-order valence-electron chi connectivity index (χ1n) is 52.8. The van der Waals surface area contributed by atoms with Gasteiger partial charge < -0.3 is 126 Å². The molecule has 5 aliphatic carbocycles. The van der Waals surface area contributed by atoms with Crippen molar-refractivity contribution in [2.45, 2.75) is 268 Å².